The van der Waals surface area contributed by atoms with Gasteiger partial charge in [-0.3, -0.25) is 4.79 Å². The van der Waals surface area contributed by atoms with Crippen LogP contribution in [-0.2, 0) is 19.1 Å². The summed E-state index contributed by atoms with van der Waals surface area (Å²) in [4.78, 5) is 25.2. The minimum Gasteiger partial charge on any atom is -0.466 e. The van der Waals surface area contributed by atoms with Gasteiger partial charge in [0.1, 0.15) is 6.61 Å². The van der Waals surface area contributed by atoms with Gasteiger partial charge in [0.15, 0.2) is 5.78 Å². The number of rotatable bonds is 2. The molecule has 2 aliphatic heterocycles. The number of Topliss-reactive ketones (excluding diaryl/α,β-unsaturated/α-hetero) is 1. The van der Waals surface area contributed by atoms with Crippen LogP contribution in [0.25, 0.3) is 10.1 Å². The molecule has 25 heavy (non-hydrogen) atoms. The molecule has 1 atom stereocenters. The summed E-state index contributed by atoms with van der Waals surface area (Å²) in [5, 5.41) is 6.26. The molecule has 0 saturated heterocycles. The molecular formula is C19H17NO4S. The van der Waals surface area contributed by atoms with E-state index in [0.717, 1.165) is 21.3 Å². The first-order chi connectivity index (χ1) is 12.1. The Morgan fingerprint density at radius 2 is 2.12 bits per heavy atom. The molecule has 128 valence electrons. The monoisotopic (exact) mass is 355 g/mol. The van der Waals surface area contributed by atoms with Crippen LogP contribution in [0.3, 0.4) is 0 Å². The number of ether oxygens (including phenoxy) is 2. The van der Waals surface area contributed by atoms with Crippen molar-refractivity contribution in [2.24, 2.45) is 0 Å². The summed E-state index contributed by atoms with van der Waals surface area (Å²) >= 11 is 1.61. The largest absolute Gasteiger partial charge is 0.466 e. The number of fused-ring (bicyclic) bond motifs is 1. The van der Waals surface area contributed by atoms with Crippen molar-refractivity contribution in [1.29, 1.82) is 0 Å². The number of dihydropyridines is 1. The Bertz CT molecular complexity index is 953. The highest BCUT2D eigenvalue weighted by molar-refractivity contribution is 7.17. The normalized spacial score (nSPS) is 20.6. The van der Waals surface area contributed by atoms with Gasteiger partial charge in [0.2, 0.25) is 0 Å². The van der Waals surface area contributed by atoms with Crippen LogP contribution in [0.5, 0.6) is 0 Å². The van der Waals surface area contributed by atoms with E-state index < -0.39 is 11.9 Å². The first-order valence-corrected chi connectivity index (χ1v) is 8.86. The lowest BCUT2D eigenvalue weighted by atomic mass is 9.78. The fourth-order valence-corrected chi connectivity index (χ4v) is 4.56. The minimum absolute atomic E-state index is 0.0343. The Balaban J connectivity index is 1.98. The average Bonchev–Trinajstić information content (AvgIpc) is 3.04. The van der Waals surface area contributed by atoms with Crippen LogP contribution in [0.4, 0.5) is 0 Å². The third-order valence-electron chi connectivity index (χ3n) is 4.65. The number of carbonyl (C=O) groups excluding carboxylic acids is 2. The van der Waals surface area contributed by atoms with Crippen molar-refractivity contribution in [2.45, 2.75) is 12.8 Å². The van der Waals surface area contributed by atoms with E-state index >= 15 is 0 Å². The first-order valence-electron chi connectivity index (χ1n) is 7.98. The van der Waals surface area contributed by atoms with Gasteiger partial charge in [-0.2, -0.15) is 0 Å². The molecule has 4 rings (SSSR count). The first kappa shape index (κ1) is 16.1. The molecule has 1 aromatic carbocycles. The smallest absolute Gasteiger partial charge is 0.336 e. The van der Waals surface area contributed by atoms with Gasteiger partial charge in [0, 0.05) is 27.6 Å². The molecule has 2 aromatic rings. The van der Waals surface area contributed by atoms with Crippen molar-refractivity contribution < 1.29 is 19.1 Å². The molecule has 0 bridgehead atoms. The lowest BCUT2D eigenvalue weighted by Crippen LogP contribution is -2.38. The fourth-order valence-electron chi connectivity index (χ4n) is 3.58. The molecule has 3 heterocycles. The molecule has 0 aliphatic carbocycles. The van der Waals surface area contributed by atoms with E-state index in [9.17, 15) is 9.59 Å². The van der Waals surface area contributed by atoms with E-state index in [1.807, 2.05) is 36.6 Å². The average molecular weight is 355 g/mol. The lowest BCUT2D eigenvalue weighted by Gasteiger charge is -2.33. The molecule has 1 N–H and O–H groups in total. The van der Waals surface area contributed by atoms with Gasteiger partial charge in [-0.1, -0.05) is 18.2 Å². The number of benzene rings is 1. The van der Waals surface area contributed by atoms with Crippen molar-refractivity contribution in [3.8, 4) is 0 Å². The topological polar surface area (TPSA) is 64.6 Å². The van der Waals surface area contributed by atoms with Crippen molar-refractivity contribution in [3.05, 3.63) is 57.7 Å². The van der Waals surface area contributed by atoms with E-state index in [1.54, 1.807) is 11.3 Å². The number of hydrogen-bond acceptors (Lipinski definition) is 6. The third kappa shape index (κ3) is 2.49. The van der Waals surface area contributed by atoms with E-state index in [4.69, 9.17) is 9.47 Å². The van der Waals surface area contributed by atoms with Crippen LogP contribution in [0, 0.1) is 0 Å². The Morgan fingerprint density at radius 3 is 2.92 bits per heavy atom. The summed E-state index contributed by atoms with van der Waals surface area (Å²) in [6.45, 7) is 2.20. The SMILES string of the molecule is COC(=O)C1=C(C)NC2=C(C(=O)COC2)C1c1csc2ccccc12. The van der Waals surface area contributed by atoms with Crippen LogP contribution in [-0.4, -0.2) is 32.1 Å². The highest BCUT2D eigenvalue weighted by Gasteiger charge is 2.40. The summed E-state index contributed by atoms with van der Waals surface area (Å²) in [6, 6.07) is 8.02. The van der Waals surface area contributed by atoms with Gasteiger partial charge in [-0.25, -0.2) is 4.79 Å². The summed E-state index contributed by atoms with van der Waals surface area (Å²) in [7, 11) is 1.36. The second kappa shape index (κ2) is 6.13. The maximum absolute atomic E-state index is 12.6. The number of nitrogens with one attached hydrogen (secondary N) is 1. The number of esters is 1. The van der Waals surface area contributed by atoms with Gasteiger partial charge < -0.3 is 14.8 Å². The summed E-state index contributed by atoms with van der Waals surface area (Å²) in [5.74, 6) is -0.949. The number of methoxy groups -OCH3 is 1. The van der Waals surface area contributed by atoms with Crippen molar-refractivity contribution in [3.63, 3.8) is 0 Å². The van der Waals surface area contributed by atoms with Crippen LogP contribution < -0.4 is 5.32 Å². The zero-order valence-electron chi connectivity index (χ0n) is 13.9. The highest BCUT2D eigenvalue weighted by atomic mass is 32.1. The second-order valence-corrected chi connectivity index (χ2v) is 6.99. The van der Waals surface area contributed by atoms with Gasteiger partial charge >= 0.3 is 5.97 Å². The molecule has 2 aliphatic rings. The number of carbonyl (C=O) groups is 2. The maximum atomic E-state index is 12.6. The molecule has 0 radical (unpaired) electrons. The van der Waals surface area contributed by atoms with Crippen LogP contribution in [0.1, 0.15) is 18.4 Å². The van der Waals surface area contributed by atoms with Crippen molar-refractivity contribution >= 4 is 33.2 Å². The predicted molar refractivity (Wildman–Crippen MR) is 95.3 cm³/mol. The van der Waals surface area contributed by atoms with Gasteiger partial charge in [-0.05, 0) is 29.3 Å². The standard InChI is InChI=1S/C19H17NO4S/c1-10-16(19(22)23-2)17(18-13(20-10)7-24-8-14(18)21)12-9-25-15-6-4-3-5-11(12)15/h3-6,9,17,20H,7-8H2,1-2H3. The number of allylic oxidation sites excluding steroid dienone is 1. The van der Waals surface area contributed by atoms with Crippen LogP contribution in [0.15, 0.2) is 52.2 Å². The highest BCUT2D eigenvalue weighted by Crippen LogP contribution is 2.44. The predicted octanol–water partition coefficient (Wildman–Crippen LogP) is 2.89. The van der Waals surface area contributed by atoms with Crippen LogP contribution in [0.2, 0.25) is 0 Å². The van der Waals surface area contributed by atoms with E-state index in [-0.39, 0.29) is 12.4 Å². The van der Waals surface area contributed by atoms with E-state index in [2.05, 4.69) is 5.32 Å². The van der Waals surface area contributed by atoms with Crippen molar-refractivity contribution in [1.82, 2.24) is 5.32 Å². The molecule has 0 amide bonds. The summed E-state index contributed by atoms with van der Waals surface area (Å²) in [6.07, 6.45) is 0. The Morgan fingerprint density at radius 1 is 1.32 bits per heavy atom. The van der Waals surface area contributed by atoms with Gasteiger partial charge in [0.05, 0.1) is 19.3 Å². The van der Waals surface area contributed by atoms with E-state index in [0.29, 0.717) is 23.5 Å². The Hall–Kier alpha value is -2.44. The molecule has 0 fully saturated rings. The molecule has 5 nitrogen and oxygen atoms in total. The fraction of sp³-hybridized carbons (Fsp3) is 0.263. The molecule has 6 heteroatoms. The van der Waals surface area contributed by atoms with Crippen LogP contribution >= 0.6 is 11.3 Å². The molecule has 0 spiro atoms. The number of hydrogen-bond donors (Lipinski definition) is 1. The summed E-state index contributed by atoms with van der Waals surface area (Å²) in [5.41, 5.74) is 3.50. The quantitative estimate of drug-likeness (QED) is 0.839. The Kier molecular flexibility index (Phi) is 3.94. The second-order valence-electron chi connectivity index (χ2n) is 6.08. The van der Waals surface area contributed by atoms with Gasteiger partial charge in [-0.15, -0.1) is 11.3 Å². The maximum Gasteiger partial charge on any atom is 0.336 e. The molecule has 0 saturated carbocycles. The zero-order valence-corrected chi connectivity index (χ0v) is 14.7. The third-order valence-corrected chi connectivity index (χ3v) is 5.63. The van der Waals surface area contributed by atoms with E-state index in [1.165, 1.54) is 7.11 Å². The Labute approximate surface area is 148 Å². The number of ketones is 1. The van der Waals surface area contributed by atoms with Crippen molar-refractivity contribution in [2.75, 3.05) is 20.3 Å². The summed E-state index contributed by atoms with van der Waals surface area (Å²) < 4.78 is 11.5. The molecular weight excluding hydrogens is 338 g/mol. The molecule has 1 aromatic heterocycles. The lowest BCUT2D eigenvalue weighted by molar-refractivity contribution is -0.136. The minimum atomic E-state index is -0.434. The zero-order chi connectivity index (χ0) is 17.6. The number of thiophene rings is 1. The molecule has 1 unspecified atom stereocenters. The van der Waals surface area contributed by atoms with Gasteiger partial charge in [0.25, 0.3) is 0 Å².